The van der Waals surface area contributed by atoms with Crippen molar-refractivity contribution in [3.63, 3.8) is 0 Å². The topological polar surface area (TPSA) is 46.3 Å². The van der Waals surface area contributed by atoms with E-state index in [1.807, 2.05) is 42.7 Å². The van der Waals surface area contributed by atoms with Crippen molar-refractivity contribution in [3.8, 4) is 0 Å². The second-order valence-corrected chi connectivity index (χ2v) is 7.51. The minimum absolute atomic E-state index is 0.180. The van der Waals surface area contributed by atoms with E-state index < -0.39 is 17.7 Å². The Morgan fingerprint density at radius 3 is 2.70 bits per heavy atom. The zero-order valence-corrected chi connectivity index (χ0v) is 15.9. The van der Waals surface area contributed by atoms with Gasteiger partial charge in [-0.3, -0.25) is 4.79 Å². The predicted octanol–water partition coefficient (Wildman–Crippen LogP) is 4.01. The molecule has 3 rings (SSSR count). The number of nitrogens with zero attached hydrogens (tertiary/aromatic N) is 1. The summed E-state index contributed by atoms with van der Waals surface area (Å²) in [6.07, 6.45) is 4.36. The van der Waals surface area contributed by atoms with Gasteiger partial charge in [-0.05, 0) is 47.8 Å². The van der Waals surface area contributed by atoms with Crippen molar-refractivity contribution >= 4 is 23.2 Å². The van der Waals surface area contributed by atoms with Crippen LogP contribution in [0.5, 0.6) is 0 Å². The lowest BCUT2D eigenvalue weighted by Crippen LogP contribution is -2.44. The summed E-state index contributed by atoms with van der Waals surface area (Å²) >= 11 is 1.63. The lowest BCUT2D eigenvalue weighted by atomic mass is 10.0. The number of rotatable bonds is 6. The molecule has 2 atom stereocenters. The predicted molar refractivity (Wildman–Crippen MR) is 106 cm³/mol. The molecule has 0 saturated carbocycles. The molecule has 142 valence electrons. The number of amides is 1. The number of carbonyl (C=O) groups excluding carboxylic acids is 1. The zero-order valence-electron chi connectivity index (χ0n) is 15.1. The summed E-state index contributed by atoms with van der Waals surface area (Å²) in [7, 11) is 0. The standard InChI is InChI=1S/C21H22F2N2OS/c1-27-10-9-19(24)21(26)25-13-15(17-12-16(22)7-8-18(17)23)11-20(25)14-5-3-2-4-6-14/h2-8,11-12,19-20H,9-10,13,24H2,1H3. The molecule has 3 nitrogen and oxygen atoms in total. The number of nitrogens with two attached hydrogens (primary N) is 1. The van der Waals surface area contributed by atoms with E-state index >= 15 is 0 Å². The van der Waals surface area contributed by atoms with E-state index in [1.54, 1.807) is 16.7 Å². The molecule has 0 radical (unpaired) electrons. The highest BCUT2D eigenvalue weighted by Crippen LogP contribution is 2.36. The van der Waals surface area contributed by atoms with E-state index in [-0.39, 0.29) is 24.1 Å². The number of halogens is 2. The quantitative estimate of drug-likeness (QED) is 0.813. The molecule has 6 heteroatoms. The molecule has 1 heterocycles. The highest BCUT2D eigenvalue weighted by Gasteiger charge is 2.33. The number of benzene rings is 2. The van der Waals surface area contributed by atoms with Gasteiger partial charge in [-0.25, -0.2) is 8.78 Å². The van der Waals surface area contributed by atoms with Crippen LogP contribution in [0, 0.1) is 11.6 Å². The second kappa shape index (κ2) is 8.67. The molecular formula is C21H22F2N2OS. The average Bonchev–Trinajstić information content (AvgIpc) is 3.13. The van der Waals surface area contributed by atoms with Gasteiger partial charge < -0.3 is 10.6 Å². The van der Waals surface area contributed by atoms with Crippen LogP contribution in [-0.2, 0) is 4.79 Å². The van der Waals surface area contributed by atoms with Gasteiger partial charge in [-0.2, -0.15) is 11.8 Å². The van der Waals surface area contributed by atoms with Gasteiger partial charge in [0.25, 0.3) is 0 Å². The van der Waals surface area contributed by atoms with Crippen LogP contribution < -0.4 is 5.73 Å². The van der Waals surface area contributed by atoms with Crippen molar-refractivity contribution in [3.05, 3.63) is 77.4 Å². The van der Waals surface area contributed by atoms with Gasteiger partial charge in [-0.1, -0.05) is 36.4 Å². The van der Waals surface area contributed by atoms with E-state index in [9.17, 15) is 13.6 Å². The molecule has 2 N–H and O–H groups in total. The van der Waals surface area contributed by atoms with Crippen molar-refractivity contribution < 1.29 is 13.6 Å². The summed E-state index contributed by atoms with van der Waals surface area (Å²) in [5.41, 5.74) is 7.78. The summed E-state index contributed by atoms with van der Waals surface area (Å²) in [4.78, 5) is 14.6. The van der Waals surface area contributed by atoms with E-state index in [2.05, 4.69) is 0 Å². The van der Waals surface area contributed by atoms with Gasteiger partial charge in [0.2, 0.25) is 5.91 Å². The lowest BCUT2D eigenvalue weighted by molar-refractivity contribution is -0.133. The Balaban J connectivity index is 1.94. The third-order valence-electron chi connectivity index (χ3n) is 4.68. The molecule has 1 amide bonds. The number of carbonyl (C=O) groups is 1. The Morgan fingerprint density at radius 1 is 1.26 bits per heavy atom. The fraction of sp³-hybridized carbons (Fsp3) is 0.286. The molecule has 2 aromatic rings. The maximum atomic E-state index is 14.3. The van der Waals surface area contributed by atoms with Crippen LogP contribution >= 0.6 is 11.8 Å². The molecule has 1 aliphatic heterocycles. The molecule has 27 heavy (non-hydrogen) atoms. The summed E-state index contributed by atoms with van der Waals surface area (Å²) in [5.74, 6) is -0.406. The van der Waals surface area contributed by atoms with Crippen LogP contribution in [0.4, 0.5) is 8.78 Å². The monoisotopic (exact) mass is 388 g/mol. The van der Waals surface area contributed by atoms with Crippen LogP contribution in [0.25, 0.3) is 5.57 Å². The first-order chi connectivity index (χ1) is 13.0. The molecular weight excluding hydrogens is 366 g/mol. The highest BCUT2D eigenvalue weighted by molar-refractivity contribution is 7.98. The van der Waals surface area contributed by atoms with E-state index in [4.69, 9.17) is 5.73 Å². The molecule has 0 fully saturated rings. The van der Waals surface area contributed by atoms with Crippen molar-refractivity contribution in [2.45, 2.75) is 18.5 Å². The highest BCUT2D eigenvalue weighted by atomic mass is 32.2. The third kappa shape index (κ3) is 4.39. The summed E-state index contributed by atoms with van der Waals surface area (Å²) < 4.78 is 27.9. The van der Waals surface area contributed by atoms with Crippen molar-refractivity contribution in [1.82, 2.24) is 4.90 Å². The number of hydrogen-bond acceptors (Lipinski definition) is 3. The van der Waals surface area contributed by atoms with Gasteiger partial charge >= 0.3 is 0 Å². The fourth-order valence-electron chi connectivity index (χ4n) is 3.26. The van der Waals surface area contributed by atoms with Gasteiger partial charge in [0.15, 0.2) is 0 Å². The molecule has 0 bridgehead atoms. The first-order valence-electron chi connectivity index (χ1n) is 8.77. The Labute approximate surface area is 162 Å². The van der Waals surface area contributed by atoms with Crippen molar-refractivity contribution in [2.24, 2.45) is 5.73 Å². The molecule has 2 unspecified atom stereocenters. The zero-order chi connectivity index (χ0) is 19.4. The van der Waals surface area contributed by atoms with Gasteiger partial charge in [0, 0.05) is 12.1 Å². The normalized spacial score (nSPS) is 17.7. The van der Waals surface area contributed by atoms with Crippen LogP contribution in [0.2, 0.25) is 0 Å². The van der Waals surface area contributed by atoms with Crippen LogP contribution in [0.3, 0.4) is 0 Å². The Morgan fingerprint density at radius 2 is 2.00 bits per heavy atom. The first-order valence-corrected chi connectivity index (χ1v) is 10.2. The number of thioether (sulfide) groups is 1. The maximum Gasteiger partial charge on any atom is 0.240 e. The number of hydrogen-bond donors (Lipinski definition) is 1. The maximum absolute atomic E-state index is 14.3. The SMILES string of the molecule is CSCCC(N)C(=O)N1CC(c2cc(F)ccc2F)=CC1c1ccccc1. The van der Waals surface area contributed by atoms with Crippen LogP contribution in [-0.4, -0.2) is 35.4 Å². The molecule has 0 spiro atoms. The van der Waals surface area contributed by atoms with E-state index in [1.165, 1.54) is 6.07 Å². The molecule has 2 aromatic carbocycles. The summed E-state index contributed by atoms with van der Waals surface area (Å²) in [5, 5.41) is 0. The smallest absolute Gasteiger partial charge is 0.240 e. The fourth-order valence-corrected chi connectivity index (χ4v) is 3.75. The van der Waals surface area contributed by atoms with Crippen LogP contribution in [0.15, 0.2) is 54.6 Å². The Kier molecular flexibility index (Phi) is 6.29. The second-order valence-electron chi connectivity index (χ2n) is 6.53. The Bertz CT molecular complexity index is 841. The largest absolute Gasteiger partial charge is 0.326 e. The molecule has 1 aliphatic rings. The third-order valence-corrected chi connectivity index (χ3v) is 5.33. The summed E-state index contributed by atoms with van der Waals surface area (Å²) in [6, 6.07) is 11.9. The minimum Gasteiger partial charge on any atom is -0.326 e. The molecule has 0 aliphatic carbocycles. The summed E-state index contributed by atoms with van der Waals surface area (Å²) in [6.45, 7) is 0.200. The minimum atomic E-state index is -0.617. The lowest BCUT2D eigenvalue weighted by Gasteiger charge is -2.28. The van der Waals surface area contributed by atoms with Crippen LogP contribution in [0.1, 0.15) is 23.6 Å². The van der Waals surface area contributed by atoms with Crippen molar-refractivity contribution in [1.29, 1.82) is 0 Å². The first kappa shape index (κ1) is 19.6. The van der Waals surface area contributed by atoms with Gasteiger partial charge in [0.05, 0.1) is 12.1 Å². The van der Waals surface area contributed by atoms with Gasteiger partial charge in [0.1, 0.15) is 11.6 Å². The molecule has 0 aromatic heterocycles. The average molecular weight is 388 g/mol. The Hall–Kier alpha value is -2.18. The molecule has 0 saturated heterocycles. The van der Waals surface area contributed by atoms with E-state index in [0.717, 1.165) is 23.4 Å². The van der Waals surface area contributed by atoms with Gasteiger partial charge in [-0.15, -0.1) is 0 Å². The van der Waals surface area contributed by atoms with E-state index in [0.29, 0.717) is 12.0 Å². The van der Waals surface area contributed by atoms with Crippen molar-refractivity contribution in [2.75, 3.05) is 18.6 Å².